The van der Waals surface area contributed by atoms with Crippen LogP contribution in [0, 0.1) is 5.92 Å². The van der Waals surface area contributed by atoms with Gasteiger partial charge >= 0.3 is 0 Å². The molecule has 2 aliphatic rings. The van der Waals surface area contributed by atoms with Crippen LogP contribution in [0.25, 0.3) is 16.0 Å². The average molecular weight is 522 g/mol. The maximum Gasteiger partial charge on any atom is 0.0478 e. The summed E-state index contributed by atoms with van der Waals surface area (Å²) in [6, 6.07) is 26.7. The first kappa shape index (κ1) is 26.2. The first-order valence-electron chi connectivity index (χ1n) is 13.6. The van der Waals surface area contributed by atoms with E-state index in [1.54, 1.807) is 11.9 Å². The quantitative estimate of drug-likeness (QED) is 0.274. The van der Waals surface area contributed by atoms with Crippen LogP contribution in [0.3, 0.4) is 0 Å². The van der Waals surface area contributed by atoms with Crippen LogP contribution in [0.5, 0.6) is 0 Å². The van der Waals surface area contributed by atoms with Gasteiger partial charge in [0.1, 0.15) is 0 Å². The minimum atomic E-state index is 0.549. The van der Waals surface area contributed by atoms with Crippen molar-refractivity contribution in [1.29, 1.82) is 0 Å². The van der Waals surface area contributed by atoms with Gasteiger partial charge in [-0.3, -0.25) is 0 Å². The zero-order chi connectivity index (χ0) is 26.6. The molecule has 0 aromatic heterocycles. The topological polar surface area (TPSA) is 9.72 Å². The van der Waals surface area contributed by atoms with Gasteiger partial charge in [-0.15, -0.1) is 0 Å². The predicted octanol–water partition coefficient (Wildman–Crippen LogP) is 8.97. The van der Waals surface area contributed by atoms with Crippen molar-refractivity contribution in [2.45, 2.75) is 38.6 Å². The molecule has 0 bridgehead atoms. The summed E-state index contributed by atoms with van der Waals surface area (Å²) in [4.78, 5) is 5.83. The molecule has 0 N–H and O–H groups in total. The minimum Gasteiger partial charge on any atom is -0.378 e. The van der Waals surface area contributed by atoms with Crippen LogP contribution in [-0.2, 0) is 6.54 Å². The van der Waals surface area contributed by atoms with Gasteiger partial charge in [0, 0.05) is 55.4 Å². The number of likely N-dealkylation sites (N-methyl/N-ethyl adjacent to an activating group) is 1. The Morgan fingerprint density at radius 3 is 2.13 bits per heavy atom. The fourth-order valence-electron chi connectivity index (χ4n) is 5.39. The molecule has 1 heterocycles. The van der Waals surface area contributed by atoms with Crippen molar-refractivity contribution >= 4 is 28.2 Å². The molecular formula is C34H39N3S. The fourth-order valence-corrected chi connectivity index (χ4v) is 6.28. The third kappa shape index (κ3) is 5.86. The number of anilines is 2. The van der Waals surface area contributed by atoms with Gasteiger partial charge in [0.15, 0.2) is 0 Å². The maximum atomic E-state index is 4.67. The van der Waals surface area contributed by atoms with Gasteiger partial charge in [0.05, 0.1) is 0 Å². The molecule has 1 aliphatic carbocycles. The Kier molecular flexibility index (Phi) is 7.99. The lowest BCUT2D eigenvalue weighted by Gasteiger charge is -2.34. The molecule has 1 aliphatic heterocycles. The Balaban J connectivity index is 1.41. The van der Waals surface area contributed by atoms with E-state index in [1.807, 2.05) is 0 Å². The van der Waals surface area contributed by atoms with Gasteiger partial charge in [-0.05, 0) is 83.3 Å². The Labute approximate surface area is 233 Å². The molecule has 0 unspecified atom stereocenters. The van der Waals surface area contributed by atoms with Crippen LogP contribution >= 0.6 is 11.9 Å². The molecule has 3 aromatic rings. The molecule has 5 rings (SSSR count). The van der Waals surface area contributed by atoms with E-state index in [0.29, 0.717) is 5.92 Å². The summed E-state index contributed by atoms with van der Waals surface area (Å²) in [7, 11) is 6.22. The highest BCUT2D eigenvalue weighted by Gasteiger charge is 2.23. The van der Waals surface area contributed by atoms with E-state index in [2.05, 4.69) is 127 Å². The molecule has 3 nitrogen and oxygen atoms in total. The predicted molar refractivity (Wildman–Crippen MR) is 167 cm³/mol. The van der Waals surface area contributed by atoms with Gasteiger partial charge < -0.3 is 14.1 Å². The monoisotopic (exact) mass is 521 g/mol. The van der Waals surface area contributed by atoms with E-state index in [4.69, 9.17) is 0 Å². The zero-order valence-electron chi connectivity index (χ0n) is 23.0. The van der Waals surface area contributed by atoms with Crippen LogP contribution in [0.1, 0.15) is 43.2 Å². The van der Waals surface area contributed by atoms with Gasteiger partial charge in [-0.2, -0.15) is 0 Å². The second-order valence-corrected chi connectivity index (χ2v) is 11.9. The normalized spacial score (nSPS) is 15.9. The molecule has 3 aromatic carbocycles. The van der Waals surface area contributed by atoms with Crippen molar-refractivity contribution in [3.8, 4) is 11.1 Å². The van der Waals surface area contributed by atoms with E-state index in [1.165, 1.54) is 76.3 Å². The summed E-state index contributed by atoms with van der Waals surface area (Å²) in [6.45, 7) is 9.64. The van der Waals surface area contributed by atoms with Crippen LogP contribution in [-0.4, -0.2) is 25.4 Å². The van der Waals surface area contributed by atoms with Crippen molar-refractivity contribution in [3.05, 3.63) is 115 Å². The van der Waals surface area contributed by atoms with Crippen LogP contribution in [0.4, 0.5) is 11.4 Å². The lowest BCUT2D eigenvalue weighted by Crippen LogP contribution is -2.27. The number of hydrogen-bond acceptors (Lipinski definition) is 4. The smallest absolute Gasteiger partial charge is 0.0478 e. The van der Waals surface area contributed by atoms with Crippen molar-refractivity contribution in [2.24, 2.45) is 5.92 Å². The summed E-state index contributed by atoms with van der Waals surface area (Å²) >= 11 is 1.74. The second-order valence-electron chi connectivity index (χ2n) is 10.7. The first-order valence-corrected chi connectivity index (χ1v) is 14.4. The van der Waals surface area contributed by atoms with Crippen LogP contribution in [0.15, 0.2) is 103 Å². The van der Waals surface area contributed by atoms with E-state index in [0.717, 1.165) is 12.2 Å². The lowest BCUT2D eigenvalue weighted by molar-refractivity contribution is 0.396. The molecule has 196 valence electrons. The maximum absolute atomic E-state index is 4.67. The largest absolute Gasteiger partial charge is 0.378 e. The third-order valence-electron chi connectivity index (χ3n) is 7.81. The van der Waals surface area contributed by atoms with Gasteiger partial charge in [-0.25, -0.2) is 0 Å². The van der Waals surface area contributed by atoms with Gasteiger partial charge in [0.25, 0.3) is 0 Å². The van der Waals surface area contributed by atoms with Crippen LogP contribution in [0.2, 0.25) is 0 Å². The van der Waals surface area contributed by atoms with E-state index in [-0.39, 0.29) is 0 Å². The van der Waals surface area contributed by atoms with Gasteiger partial charge in [-0.1, -0.05) is 81.0 Å². The number of rotatable bonds is 8. The van der Waals surface area contributed by atoms with Crippen molar-refractivity contribution < 1.29 is 0 Å². The number of allylic oxidation sites excluding steroid dienone is 2. The highest BCUT2D eigenvalue weighted by atomic mass is 32.2. The highest BCUT2D eigenvalue weighted by Crippen LogP contribution is 2.41. The zero-order valence-corrected chi connectivity index (χ0v) is 23.8. The van der Waals surface area contributed by atoms with E-state index in [9.17, 15) is 0 Å². The molecule has 1 fully saturated rings. The molecule has 0 radical (unpaired) electrons. The van der Waals surface area contributed by atoms with Crippen molar-refractivity contribution in [1.82, 2.24) is 4.31 Å². The number of hydrogen-bond donors (Lipinski definition) is 0. The third-order valence-corrected chi connectivity index (χ3v) is 8.87. The Hall–Kier alpha value is -3.37. The molecular weight excluding hydrogens is 482 g/mol. The lowest BCUT2D eigenvalue weighted by atomic mass is 9.86. The minimum absolute atomic E-state index is 0.549. The summed E-state index contributed by atoms with van der Waals surface area (Å²) in [6.07, 6.45) is 8.60. The number of benzene rings is 3. The summed E-state index contributed by atoms with van der Waals surface area (Å²) in [5, 5.41) is 0. The number of nitrogens with zero attached hydrogens (tertiary/aromatic N) is 3. The van der Waals surface area contributed by atoms with E-state index >= 15 is 0 Å². The summed E-state index contributed by atoms with van der Waals surface area (Å²) in [5.41, 5.74) is 9.73. The summed E-state index contributed by atoms with van der Waals surface area (Å²) < 4.78 is 2.12. The average Bonchev–Trinajstić information content (AvgIpc) is 3.30. The standard InChI is InChI=1S/C34H39N3S/c1-25-22-34(38-36(25)5)31-12-9-13-33(23-31)37(26(2)28-10-7-6-8-11-28)24-27-14-16-29(17-15-27)30-18-20-32(21-19-30)35(3)4/h9,12-23,28H,1-2,6-8,10-11,24H2,3-5H3. The molecule has 0 saturated heterocycles. The first-order chi connectivity index (χ1) is 18.4. The molecule has 0 spiro atoms. The molecule has 4 heteroatoms. The molecule has 0 atom stereocenters. The van der Waals surface area contributed by atoms with Crippen LogP contribution < -0.4 is 9.80 Å². The van der Waals surface area contributed by atoms with Crippen molar-refractivity contribution in [3.63, 3.8) is 0 Å². The Morgan fingerprint density at radius 1 is 0.868 bits per heavy atom. The Morgan fingerprint density at radius 2 is 1.53 bits per heavy atom. The fraction of sp³-hybridized carbons (Fsp3) is 0.294. The molecule has 1 saturated carbocycles. The highest BCUT2D eigenvalue weighted by molar-refractivity contribution is 8.06. The van der Waals surface area contributed by atoms with Gasteiger partial charge in [0.2, 0.25) is 0 Å². The SMILES string of the molecule is C=C1C=C(c2cccc(N(Cc3ccc(-c4ccc(N(C)C)cc4)cc3)C(=C)C3CCCCC3)c2)SN1C. The van der Waals surface area contributed by atoms with E-state index < -0.39 is 0 Å². The second kappa shape index (κ2) is 11.6. The Bertz CT molecular complexity index is 1310. The van der Waals surface area contributed by atoms with Crippen molar-refractivity contribution in [2.75, 3.05) is 30.9 Å². The molecule has 0 amide bonds. The summed E-state index contributed by atoms with van der Waals surface area (Å²) in [5.74, 6) is 0.549. The molecule has 38 heavy (non-hydrogen) atoms.